The first-order valence-electron chi connectivity index (χ1n) is 8.91. The van der Waals surface area contributed by atoms with Crippen LogP contribution < -0.4 is 0 Å². The highest BCUT2D eigenvalue weighted by Crippen LogP contribution is 2.39. The van der Waals surface area contributed by atoms with Crippen LogP contribution in [0.15, 0.2) is 42.6 Å². The van der Waals surface area contributed by atoms with Gasteiger partial charge in [0.05, 0.1) is 22.9 Å². The Morgan fingerprint density at radius 1 is 0.958 bits per heavy atom. The molecule has 4 nitrogen and oxygen atoms in total. The van der Waals surface area contributed by atoms with Crippen molar-refractivity contribution in [3.05, 3.63) is 48.3 Å². The molecule has 122 valence electrons. The lowest BCUT2D eigenvalue weighted by molar-refractivity contribution is 0.0844. The molecule has 4 heteroatoms. The van der Waals surface area contributed by atoms with E-state index < -0.39 is 0 Å². The van der Waals surface area contributed by atoms with Crippen LogP contribution in [0.1, 0.15) is 43.3 Å². The lowest BCUT2D eigenvalue weighted by Crippen LogP contribution is -2.15. The van der Waals surface area contributed by atoms with Crippen molar-refractivity contribution in [3.8, 4) is 11.3 Å². The lowest BCUT2D eigenvalue weighted by Gasteiger charge is -2.21. The van der Waals surface area contributed by atoms with Crippen LogP contribution in [0, 0.1) is 0 Å². The second-order valence-corrected chi connectivity index (χ2v) is 6.92. The molecule has 2 aromatic heterocycles. The molecular formula is C20H21N3O. The van der Waals surface area contributed by atoms with Gasteiger partial charge in [0.15, 0.2) is 0 Å². The predicted octanol–water partition coefficient (Wildman–Crippen LogP) is 4.33. The zero-order valence-electron chi connectivity index (χ0n) is 13.7. The van der Waals surface area contributed by atoms with Gasteiger partial charge in [-0.05, 0) is 37.8 Å². The Kier molecular flexibility index (Phi) is 3.37. The number of pyridine rings is 1. The molecule has 1 aliphatic carbocycles. The first kappa shape index (κ1) is 14.2. The molecule has 24 heavy (non-hydrogen) atoms. The van der Waals surface area contributed by atoms with E-state index in [1.807, 2.05) is 6.07 Å². The van der Waals surface area contributed by atoms with Crippen LogP contribution in [-0.2, 0) is 4.74 Å². The topological polar surface area (TPSA) is 39.9 Å². The lowest BCUT2D eigenvalue weighted by atomic mass is 9.93. The van der Waals surface area contributed by atoms with E-state index in [0.29, 0.717) is 12.0 Å². The Balaban J connectivity index is 1.61. The summed E-state index contributed by atoms with van der Waals surface area (Å²) in [7, 11) is 0. The first-order valence-corrected chi connectivity index (χ1v) is 8.91. The van der Waals surface area contributed by atoms with Crippen molar-refractivity contribution in [2.75, 3.05) is 13.2 Å². The molecule has 0 bridgehead atoms. The second kappa shape index (κ2) is 5.71. The van der Waals surface area contributed by atoms with Crippen molar-refractivity contribution in [2.24, 2.45) is 0 Å². The Morgan fingerprint density at radius 3 is 2.62 bits per heavy atom. The fraction of sp³-hybridized carbons (Fsp3) is 0.400. The molecule has 3 heterocycles. The van der Waals surface area contributed by atoms with Crippen molar-refractivity contribution in [3.63, 3.8) is 0 Å². The van der Waals surface area contributed by atoms with E-state index in [2.05, 4.69) is 41.2 Å². The molecule has 0 spiro atoms. The zero-order valence-corrected chi connectivity index (χ0v) is 13.7. The molecule has 1 aliphatic heterocycles. The van der Waals surface area contributed by atoms with Crippen molar-refractivity contribution in [2.45, 2.75) is 37.6 Å². The van der Waals surface area contributed by atoms with Crippen molar-refractivity contribution >= 4 is 10.9 Å². The summed E-state index contributed by atoms with van der Waals surface area (Å²) in [6.45, 7) is 1.68. The van der Waals surface area contributed by atoms with Crippen molar-refractivity contribution in [1.29, 1.82) is 0 Å². The van der Waals surface area contributed by atoms with Crippen LogP contribution in [0.25, 0.3) is 22.2 Å². The summed E-state index contributed by atoms with van der Waals surface area (Å²) < 4.78 is 7.72. The third-order valence-electron chi connectivity index (χ3n) is 5.16. The monoisotopic (exact) mass is 319 g/mol. The quantitative estimate of drug-likeness (QED) is 0.721. The van der Waals surface area contributed by atoms with Gasteiger partial charge in [-0.15, -0.1) is 0 Å². The largest absolute Gasteiger partial charge is 0.381 e. The number of aromatic nitrogens is 3. The minimum Gasteiger partial charge on any atom is -0.381 e. The van der Waals surface area contributed by atoms with E-state index in [1.54, 1.807) is 0 Å². The number of fused-ring (bicyclic) bond motifs is 1. The molecule has 0 radical (unpaired) electrons. The van der Waals surface area contributed by atoms with Gasteiger partial charge in [-0.25, -0.2) is 4.98 Å². The molecule has 2 aliphatic rings. The molecule has 1 aromatic carbocycles. The van der Waals surface area contributed by atoms with Crippen molar-refractivity contribution in [1.82, 2.24) is 14.8 Å². The van der Waals surface area contributed by atoms with Crippen LogP contribution in [0.5, 0.6) is 0 Å². The Hall–Kier alpha value is -2.20. The van der Waals surface area contributed by atoms with Crippen LogP contribution in [-0.4, -0.2) is 28.0 Å². The van der Waals surface area contributed by atoms with Gasteiger partial charge >= 0.3 is 0 Å². The summed E-state index contributed by atoms with van der Waals surface area (Å²) in [6.07, 6.45) is 6.84. The van der Waals surface area contributed by atoms with E-state index in [4.69, 9.17) is 14.8 Å². The fourth-order valence-corrected chi connectivity index (χ4v) is 3.62. The summed E-state index contributed by atoms with van der Waals surface area (Å²) in [5, 5.41) is 6.16. The fourth-order valence-electron chi connectivity index (χ4n) is 3.62. The van der Waals surface area contributed by atoms with E-state index in [-0.39, 0.29) is 0 Å². The standard InChI is InChI=1S/C20H21N3O/c1-2-4-18-14(3-1)5-8-19(21-18)17-13-23(16-6-7-16)22-20(17)15-9-11-24-12-10-15/h1-5,8,13,15-16H,6-7,9-12H2. The maximum Gasteiger partial charge on any atom is 0.0751 e. The number of rotatable bonds is 3. The minimum atomic E-state index is 0.488. The average molecular weight is 319 g/mol. The third-order valence-corrected chi connectivity index (χ3v) is 5.16. The molecule has 3 aromatic rings. The maximum atomic E-state index is 5.54. The number of para-hydroxylation sites is 1. The highest BCUT2D eigenvalue weighted by Gasteiger charge is 2.29. The van der Waals surface area contributed by atoms with Gasteiger partial charge in [0, 0.05) is 36.3 Å². The van der Waals surface area contributed by atoms with E-state index in [0.717, 1.165) is 37.3 Å². The Morgan fingerprint density at radius 2 is 1.79 bits per heavy atom. The van der Waals surface area contributed by atoms with Gasteiger partial charge in [0.25, 0.3) is 0 Å². The van der Waals surface area contributed by atoms with Gasteiger partial charge in [0.2, 0.25) is 0 Å². The molecular weight excluding hydrogens is 298 g/mol. The van der Waals surface area contributed by atoms with Gasteiger partial charge in [-0.2, -0.15) is 5.10 Å². The molecule has 1 saturated carbocycles. The Bertz CT molecular complexity index is 875. The number of hydrogen-bond donors (Lipinski definition) is 0. The highest BCUT2D eigenvalue weighted by atomic mass is 16.5. The second-order valence-electron chi connectivity index (χ2n) is 6.92. The molecule has 0 amide bonds. The number of ether oxygens (including phenoxy) is 1. The van der Waals surface area contributed by atoms with Gasteiger partial charge in [-0.1, -0.05) is 24.3 Å². The molecule has 0 atom stereocenters. The molecule has 1 saturated heterocycles. The van der Waals surface area contributed by atoms with Gasteiger partial charge < -0.3 is 4.74 Å². The number of nitrogens with zero attached hydrogens (tertiary/aromatic N) is 3. The predicted molar refractivity (Wildman–Crippen MR) is 94.0 cm³/mol. The maximum absolute atomic E-state index is 5.54. The summed E-state index contributed by atoms with van der Waals surface area (Å²) in [5.41, 5.74) is 4.52. The minimum absolute atomic E-state index is 0.488. The number of hydrogen-bond acceptors (Lipinski definition) is 3. The molecule has 0 N–H and O–H groups in total. The average Bonchev–Trinajstić information content (AvgIpc) is 3.40. The van der Waals surface area contributed by atoms with E-state index in [9.17, 15) is 0 Å². The van der Waals surface area contributed by atoms with Gasteiger partial charge in [0.1, 0.15) is 0 Å². The highest BCUT2D eigenvalue weighted by molar-refractivity contribution is 5.81. The van der Waals surface area contributed by atoms with Crippen molar-refractivity contribution < 1.29 is 4.74 Å². The summed E-state index contributed by atoms with van der Waals surface area (Å²) in [5.74, 6) is 0.488. The van der Waals surface area contributed by atoms with Crippen LogP contribution >= 0.6 is 0 Å². The molecule has 0 unspecified atom stereocenters. The summed E-state index contributed by atoms with van der Waals surface area (Å²) >= 11 is 0. The summed E-state index contributed by atoms with van der Waals surface area (Å²) in [6, 6.07) is 13.2. The molecule has 2 fully saturated rings. The van der Waals surface area contributed by atoms with Gasteiger partial charge in [-0.3, -0.25) is 4.68 Å². The Labute approximate surface area is 141 Å². The SMILES string of the molecule is c1ccc2nc(-c3cn(C4CC4)nc3C3CCOCC3)ccc2c1. The number of benzene rings is 1. The first-order chi connectivity index (χ1) is 11.9. The van der Waals surface area contributed by atoms with E-state index >= 15 is 0 Å². The normalized spacial score (nSPS) is 19.0. The van der Waals surface area contributed by atoms with Crippen LogP contribution in [0.4, 0.5) is 0 Å². The van der Waals surface area contributed by atoms with Crippen LogP contribution in [0.3, 0.4) is 0 Å². The zero-order chi connectivity index (χ0) is 15.9. The molecule has 5 rings (SSSR count). The smallest absolute Gasteiger partial charge is 0.0751 e. The van der Waals surface area contributed by atoms with E-state index in [1.165, 1.54) is 29.5 Å². The van der Waals surface area contributed by atoms with Crippen LogP contribution in [0.2, 0.25) is 0 Å². The third kappa shape index (κ3) is 2.51. The summed E-state index contributed by atoms with van der Waals surface area (Å²) in [4.78, 5) is 4.91.